The number of hydrogen-bond donors (Lipinski definition) is 2. The monoisotopic (exact) mass is 569 g/mol. The molecule has 5 rings (SSSR count). The lowest BCUT2D eigenvalue weighted by atomic mass is 10.2. The number of aromatic nitrogens is 4. The van der Waals surface area contributed by atoms with E-state index in [2.05, 4.69) is 9.97 Å². The molecule has 0 saturated carbocycles. The van der Waals surface area contributed by atoms with Gasteiger partial charge in [-0.15, -0.1) is 0 Å². The summed E-state index contributed by atoms with van der Waals surface area (Å²) in [5.41, 5.74) is 1.76. The quantitative estimate of drug-likeness (QED) is 0.306. The van der Waals surface area contributed by atoms with Gasteiger partial charge in [0.1, 0.15) is 10.7 Å². The summed E-state index contributed by atoms with van der Waals surface area (Å²) in [6, 6.07) is 12.4. The summed E-state index contributed by atoms with van der Waals surface area (Å²) in [5, 5.41) is 10.4. The first-order valence-electron chi connectivity index (χ1n) is 11.9. The van der Waals surface area contributed by atoms with Crippen LogP contribution in [0.4, 0.5) is 0 Å². The molecule has 5 aromatic rings. The Morgan fingerprint density at radius 1 is 1.00 bits per heavy atom. The highest BCUT2D eigenvalue weighted by atomic mass is 32.2. The molecule has 2 aromatic carbocycles. The molecule has 0 fully saturated rings. The first kappa shape index (κ1) is 26.8. The number of H-pyrrole nitrogens is 1. The summed E-state index contributed by atoms with van der Waals surface area (Å²) in [7, 11) is -5.61. The van der Waals surface area contributed by atoms with Crippen molar-refractivity contribution < 1.29 is 21.9 Å². The predicted molar refractivity (Wildman–Crippen MR) is 146 cm³/mol. The van der Waals surface area contributed by atoms with Crippen LogP contribution in [-0.4, -0.2) is 51.8 Å². The van der Waals surface area contributed by atoms with Crippen LogP contribution in [0.2, 0.25) is 0 Å². The lowest BCUT2D eigenvalue weighted by Gasteiger charge is -2.19. The maximum atomic E-state index is 13.9. The van der Waals surface area contributed by atoms with E-state index in [1.165, 1.54) is 35.9 Å². The average Bonchev–Trinajstić information content (AvgIpc) is 3.47. The van der Waals surface area contributed by atoms with Crippen molar-refractivity contribution in [1.82, 2.24) is 22.8 Å². The number of pyridine rings is 1. The Morgan fingerprint density at radius 2 is 1.69 bits per heavy atom. The maximum absolute atomic E-state index is 13.9. The van der Waals surface area contributed by atoms with Gasteiger partial charge in [-0.25, -0.2) is 25.8 Å². The lowest BCUT2D eigenvalue weighted by molar-refractivity contribution is 0.276. The number of imidazole rings is 1. The molecule has 0 atom stereocenters. The van der Waals surface area contributed by atoms with Crippen LogP contribution in [0.15, 0.2) is 69.3 Å². The Kier molecular flexibility index (Phi) is 6.50. The number of aromatic amines is 1. The third-order valence-electron chi connectivity index (χ3n) is 6.59. The van der Waals surface area contributed by atoms with Crippen LogP contribution in [0.5, 0.6) is 0 Å². The van der Waals surface area contributed by atoms with E-state index in [0.29, 0.717) is 16.5 Å². The summed E-state index contributed by atoms with van der Waals surface area (Å²) in [6.07, 6.45) is 1.58. The van der Waals surface area contributed by atoms with Crippen LogP contribution in [0.25, 0.3) is 21.9 Å². The van der Waals surface area contributed by atoms with E-state index >= 15 is 0 Å². The minimum atomic E-state index is -4.29. The molecule has 3 heterocycles. The smallest absolute Gasteiger partial charge is 0.278 e. The molecule has 204 valence electrons. The zero-order chi connectivity index (χ0) is 28.3. The average molecular weight is 570 g/mol. The Labute approximate surface area is 225 Å². The number of nitrogens with zero attached hydrogens (tertiary/aromatic N) is 4. The van der Waals surface area contributed by atoms with E-state index in [0.717, 1.165) is 13.8 Å². The molecule has 0 amide bonds. The number of nitrogens with one attached hydrogen (secondary N) is 1. The molecule has 3 aromatic heterocycles. The van der Waals surface area contributed by atoms with Gasteiger partial charge in [-0.05, 0) is 55.8 Å². The van der Waals surface area contributed by atoms with Gasteiger partial charge in [-0.1, -0.05) is 17.7 Å². The van der Waals surface area contributed by atoms with Gasteiger partial charge in [0.2, 0.25) is 10.0 Å². The highest BCUT2D eigenvalue weighted by molar-refractivity contribution is 7.90. The zero-order valence-electron chi connectivity index (χ0n) is 21.7. The third kappa shape index (κ3) is 4.46. The summed E-state index contributed by atoms with van der Waals surface area (Å²) in [6.45, 7) is 2.71. The lowest BCUT2D eigenvalue weighted by Crippen LogP contribution is -2.28. The highest BCUT2D eigenvalue weighted by Gasteiger charge is 2.31. The van der Waals surface area contributed by atoms with Crippen molar-refractivity contribution in [3.8, 4) is 0 Å². The van der Waals surface area contributed by atoms with Crippen molar-refractivity contribution >= 4 is 42.0 Å². The molecule has 0 saturated heterocycles. The van der Waals surface area contributed by atoms with E-state index in [9.17, 15) is 26.7 Å². The first-order valence-corrected chi connectivity index (χ1v) is 14.8. The minimum Gasteiger partial charge on any atom is -0.390 e. The van der Waals surface area contributed by atoms with Gasteiger partial charge in [0, 0.05) is 25.7 Å². The van der Waals surface area contributed by atoms with Crippen molar-refractivity contribution in [1.29, 1.82) is 0 Å². The molecule has 0 radical (unpaired) electrons. The molecule has 0 unspecified atom stereocenters. The second-order valence-corrected chi connectivity index (χ2v) is 13.3. The Morgan fingerprint density at radius 3 is 2.36 bits per heavy atom. The molecular weight excluding hydrogens is 542 g/mol. The number of hydrogen-bond acceptors (Lipinski definition) is 7. The molecule has 0 aliphatic rings. The van der Waals surface area contributed by atoms with Crippen molar-refractivity contribution in [2.75, 3.05) is 7.05 Å². The summed E-state index contributed by atoms with van der Waals surface area (Å²) in [4.78, 5) is 19.4. The van der Waals surface area contributed by atoms with Crippen molar-refractivity contribution in [2.45, 2.75) is 36.8 Å². The first-order chi connectivity index (χ1) is 18.3. The number of sulfonamides is 1. The van der Waals surface area contributed by atoms with Gasteiger partial charge in [0.05, 0.1) is 34.8 Å². The molecule has 0 aliphatic heterocycles. The molecule has 11 nitrogen and oxygen atoms in total. The second kappa shape index (κ2) is 9.45. The van der Waals surface area contributed by atoms with Gasteiger partial charge < -0.3 is 14.7 Å². The molecule has 0 spiro atoms. The Bertz CT molecular complexity index is 2020. The van der Waals surface area contributed by atoms with Crippen molar-refractivity contribution in [2.24, 2.45) is 7.05 Å². The van der Waals surface area contributed by atoms with Gasteiger partial charge in [-0.2, -0.15) is 4.31 Å². The fraction of sp³-hybridized carbons (Fsp3) is 0.231. The topological polar surface area (TPSA) is 147 Å². The van der Waals surface area contributed by atoms with E-state index in [-0.39, 0.29) is 44.4 Å². The van der Waals surface area contributed by atoms with Gasteiger partial charge in [0.25, 0.3) is 15.6 Å². The molecule has 0 aliphatic carbocycles. The van der Waals surface area contributed by atoms with Gasteiger partial charge >= 0.3 is 0 Å². The van der Waals surface area contributed by atoms with E-state index in [1.54, 1.807) is 44.4 Å². The Hall–Kier alpha value is -3.78. The fourth-order valence-corrected chi connectivity index (χ4v) is 7.59. The predicted octanol–water partition coefficient (Wildman–Crippen LogP) is 2.38. The second-order valence-electron chi connectivity index (χ2n) is 9.52. The van der Waals surface area contributed by atoms with Gasteiger partial charge in [-0.3, -0.25) is 4.79 Å². The Balaban J connectivity index is 1.67. The number of aliphatic hydroxyl groups excluding tert-OH is 1. The van der Waals surface area contributed by atoms with Crippen LogP contribution in [0.1, 0.15) is 22.6 Å². The van der Waals surface area contributed by atoms with E-state index in [4.69, 9.17) is 0 Å². The largest absolute Gasteiger partial charge is 0.390 e. The highest BCUT2D eigenvalue weighted by Crippen LogP contribution is 2.33. The third-order valence-corrected chi connectivity index (χ3v) is 10.2. The van der Waals surface area contributed by atoms with Crippen LogP contribution < -0.4 is 5.56 Å². The number of aliphatic hydroxyl groups is 1. The minimum absolute atomic E-state index is 0.0309. The number of benzene rings is 2. The normalized spacial score (nSPS) is 12.7. The molecule has 0 bridgehead atoms. The van der Waals surface area contributed by atoms with Crippen LogP contribution in [0, 0.1) is 13.8 Å². The summed E-state index contributed by atoms with van der Waals surface area (Å²) >= 11 is 0. The van der Waals surface area contributed by atoms with E-state index in [1.807, 2.05) is 6.92 Å². The maximum Gasteiger partial charge on any atom is 0.278 e. The van der Waals surface area contributed by atoms with Gasteiger partial charge in [0.15, 0.2) is 5.52 Å². The number of rotatable bonds is 7. The fourth-order valence-electron chi connectivity index (χ4n) is 4.56. The standard InChI is InChI=1S/C26H27N5O6S2/c1-16-5-7-20(8-6-16)38(34,35)31-19(15-32)13-18-11-17(2)12-22(25(18)31)39(36,37)30(4)14-23-27-21-9-10-29(3)26(33)24(21)28-23/h5-13,32H,14-15H2,1-4H3,(H,27,28). The molecular formula is C26H27N5O6S2. The number of aryl methyl sites for hydroxylation is 3. The SMILES string of the molecule is Cc1ccc(S(=O)(=O)n2c(CO)cc3cc(C)cc(S(=O)(=O)N(C)Cc4nc5c(=O)n(C)ccc5[nH]4)c32)cc1. The van der Waals surface area contributed by atoms with Crippen molar-refractivity contribution in [3.63, 3.8) is 0 Å². The summed E-state index contributed by atoms with van der Waals surface area (Å²) < 4.78 is 58.8. The zero-order valence-corrected chi connectivity index (χ0v) is 23.3. The van der Waals surface area contributed by atoms with Crippen molar-refractivity contribution in [3.05, 3.63) is 87.7 Å². The van der Waals surface area contributed by atoms with Crippen LogP contribution >= 0.6 is 0 Å². The van der Waals surface area contributed by atoms with Crippen LogP contribution in [0.3, 0.4) is 0 Å². The molecule has 13 heteroatoms. The van der Waals surface area contributed by atoms with E-state index < -0.39 is 26.7 Å². The number of fused-ring (bicyclic) bond motifs is 2. The molecule has 39 heavy (non-hydrogen) atoms. The van der Waals surface area contributed by atoms with Crippen LogP contribution in [-0.2, 0) is 40.2 Å². The molecule has 2 N–H and O–H groups in total. The summed E-state index contributed by atoms with van der Waals surface area (Å²) in [5.74, 6) is 0.252.